The maximum atomic E-state index is 12.4. The molecular weight excluding hydrogens is 403 g/mol. The zero-order chi connectivity index (χ0) is 20.0. The maximum absolute atomic E-state index is 12.4. The molecule has 0 radical (unpaired) electrons. The highest BCUT2D eigenvalue weighted by Crippen LogP contribution is 2.26. The minimum atomic E-state index is -0.373. The van der Waals surface area contributed by atoms with Crippen LogP contribution in [0.25, 0.3) is 0 Å². The van der Waals surface area contributed by atoms with Crippen LogP contribution in [-0.2, 0) is 9.59 Å². The summed E-state index contributed by atoms with van der Waals surface area (Å²) in [5.41, 5.74) is 2.67. The SMILES string of the molecule is Cc1ccc(NC(=O)CSC(C)C(=O)NC(C)c2ccc(Cl)cc2Cl)cc1. The number of halogens is 2. The van der Waals surface area contributed by atoms with E-state index >= 15 is 0 Å². The molecule has 2 N–H and O–H groups in total. The fourth-order valence-corrected chi connectivity index (χ4v) is 3.64. The number of hydrogen-bond donors (Lipinski definition) is 2. The van der Waals surface area contributed by atoms with Crippen molar-refractivity contribution in [2.24, 2.45) is 0 Å². The van der Waals surface area contributed by atoms with Gasteiger partial charge in [-0.25, -0.2) is 0 Å². The van der Waals surface area contributed by atoms with E-state index in [1.165, 1.54) is 11.8 Å². The van der Waals surface area contributed by atoms with Gasteiger partial charge in [0.2, 0.25) is 11.8 Å². The van der Waals surface area contributed by atoms with Crippen LogP contribution >= 0.6 is 35.0 Å². The molecule has 2 rings (SSSR count). The van der Waals surface area contributed by atoms with Crippen molar-refractivity contribution in [3.05, 3.63) is 63.6 Å². The van der Waals surface area contributed by atoms with Gasteiger partial charge in [-0.05, 0) is 50.6 Å². The van der Waals surface area contributed by atoms with Crippen LogP contribution in [0.3, 0.4) is 0 Å². The molecule has 2 aromatic rings. The lowest BCUT2D eigenvalue weighted by atomic mass is 10.1. The Morgan fingerprint density at radius 2 is 1.74 bits per heavy atom. The molecule has 144 valence electrons. The molecule has 0 heterocycles. The third-order valence-corrected chi connectivity index (χ3v) is 5.66. The van der Waals surface area contributed by atoms with Crippen LogP contribution in [0, 0.1) is 6.92 Å². The van der Waals surface area contributed by atoms with E-state index < -0.39 is 0 Å². The summed E-state index contributed by atoms with van der Waals surface area (Å²) >= 11 is 13.4. The van der Waals surface area contributed by atoms with E-state index in [1.807, 2.05) is 38.1 Å². The monoisotopic (exact) mass is 424 g/mol. The maximum Gasteiger partial charge on any atom is 0.234 e. The minimum Gasteiger partial charge on any atom is -0.349 e. The van der Waals surface area contributed by atoms with Crippen LogP contribution in [0.2, 0.25) is 10.0 Å². The summed E-state index contributed by atoms with van der Waals surface area (Å²) in [5, 5.41) is 6.42. The predicted molar refractivity (Wildman–Crippen MR) is 115 cm³/mol. The Kier molecular flexibility index (Phi) is 8.02. The fraction of sp³-hybridized carbons (Fsp3) is 0.300. The average Bonchev–Trinajstić information content (AvgIpc) is 2.61. The van der Waals surface area contributed by atoms with Crippen LogP contribution in [0.4, 0.5) is 5.69 Å². The molecule has 0 aliphatic rings. The van der Waals surface area contributed by atoms with Crippen molar-refractivity contribution < 1.29 is 9.59 Å². The van der Waals surface area contributed by atoms with Crippen LogP contribution < -0.4 is 10.6 Å². The normalized spacial score (nSPS) is 12.9. The van der Waals surface area contributed by atoms with Crippen molar-refractivity contribution in [3.8, 4) is 0 Å². The van der Waals surface area contributed by atoms with Crippen molar-refractivity contribution in [2.45, 2.75) is 32.1 Å². The lowest BCUT2D eigenvalue weighted by Gasteiger charge is -2.19. The first-order valence-corrected chi connectivity index (χ1v) is 10.3. The molecular formula is C20H22Cl2N2O2S. The molecule has 0 bridgehead atoms. The summed E-state index contributed by atoms with van der Waals surface area (Å²) in [6.07, 6.45) is 0. The topological polar surface area (TPSA) is 58.2 Å². The van der Waals surface area contributed by atoms with Crippen LogP contribution in [0.1, 0.15) is 31.0 Å². The predicted octanol–water partition coefficient (Wildman–Crippen LogP) is 5.24. The number of thioether (sulfide) groups is 1. The van der Waals surface area contributed by atoms with Gasteiger partial charge < -0.3 is 10.6 Å². The Labute approximate surface area is 174 Å². The smallest absolute Gasteiger partial charge is 0.234 e. The van der Waals surface area contributed by atoms with Crippen molar-refractivity contribution in [3.63, 3.8) is 0 Å². The molecule has 0 aromatic heterocycles. The van der Waals surface area contributed by atoms with Crippen LogP contribution in [-0.4, -0.2) is 22.8 Å². The highest BCUT2D eigenvalue weighted by Gasteiger charge is 2.19. The summed E-state index contributed by atoms with van der Waals surface area (Å²) in [5.74, 6) is -0.0996. The van der Waals surface area contributed by atoms with Crippen molar-refractivity contribution >= 4 is 52.5 Å². The molecule has 7 heteroatoms. The van der Waals surface area contributed by atoms with Gasteiger partial charge in [0.15, 0.2) is 0 Å². The molecule has 2 unspecified atom stereocenters. The number of nitrogens with one attached hydrogen (secondary N) is 2. The van der Waals surface area contributed by atoms with Crippen molar-refractivity contribution in [2.75, 3.05) is 11.1 Å². The van der Waals surface area contributed by atoms with Gasteiger partial charge in [-0.15, -0.1) is 11.8 Å². The first-order chi connectivity index (χ1) is 12.8. The third-order valence-electron chi connectivity index (χ3n) is 3.96. The third kappa shape index (κ3) is 6.76. The Morgan fingerprint density at radius 1 is 1.07 bits per heavy atom. The molecule has 4 nitrogen and oxygen atoms in total. The molecule has 0 fully saturated rings. The van der Waals surface area contributed by atoms with Gasteiger partial charge in [0.25, 0.3) is 0 Å². The van der Waals surface area contributed by atoms with Gasteiger partial charge in [0.05, 0.1) is 17.0 Å². The number of rotatable bonds is 7. The lowest BCUT2D eigenvalue weighted by molar-refractivity contribution is -0.120. The summed E-state index contributed by atoms with van der Waals surface area (Å²) in [4.78, 5) is 24.4. The van der Waals surface area contributed by atoms with E-state index in [0.717, 1.165) is 16.8 Å². The van der Waals surface area contributed by atoms with E-state index in [4.69, 9.17) is 23.2 Å². The van der Waals surface area contributed by atoms with E-state index in [-0.39, 0.29) is 28.9 Å². The second kappa shape index (κ2) is 10.0. The number of carbonyl (C=O) groups is 2. The lowest BCUT2D eigenvalue weighted by Crippen LogP contribution is -2.34. The van der Waals surface area contributed by atoms with Gasteiger partial charge in [-0.1, -0.05) is 47.0 Å². The quantitative estimate of drug-likeness (QED) is 0.638. The number of aryl methyl sites for hydroxylation is 1. The largest absolute Gasteiger partial charge is 0.349 e. The number of benzene rings is 2. The first-order valence-electron chi connectivity index (χ1n) is 8.49. The molecule has 2 amide bonds. The van der Waals surface area contributed by atoms with Crippen molar-refractivity contribution in [1.82, 2.24) is 5.32 Å². The second-order valence-electron chi connectivity index (χ2n) is 6.26. The van der Waals surface area contributed by atoms with Gasteiger partial charge in [-0.3, -0.25) is 9.59 Å². The van der Waals surface area contributed by atoms with E-state index in [1.54, 1.807) is 25.1 Å². The molecule has 0 saturated heterocycles. The van der Waals surface area contributed by atoms with Crippen LogP contribution in [0.5, 0.6) is 0 Å². The molecule has 0 aliphatic heterocycles. The highest BCUT2D eigenvalue weighted by atomic mass is 35.5. The zero-order valence-corrected chi connectivity index (χ0v) is 17.7. The standard InChI is InChI=1S/C20H22Cl2N2O2S/c1-12-4-7-16(8-5-12)24-19(25)11-27-14(3)20(26)23-13(2)17-9-6-15(21)10-18(17)22/h4-10,13-14H,11H2,1-3H3,(H,23,26)(H,24,25). The van der Waals surface area contributed by atoms with E-state index in [0.29, 0.717) is 10.0 Å². The van der Waals surface area contributed by atoms with Gasteiger partial charge >= 0.3 is 0 Å². The number of anilines is 1. The van der Waals surface area contributed by atoms with Gasteiger partial charge in [0, 0.05) is 15.7 Å². The molecule has 2 aromatic carbocycles. The van der Waals surface area contributed by atoms with Gasteiger partial charge in [-0.2, -0.15) is 0 Å². The molecule has 0 saturated carbocycles. The number of hydrogen-bond acceptors (Lipinski definition) is 3. The molecule has 0 spiro atoms. The Bertz CT molecular complexity index is 812. The van der Waals surface area contributed by atoms with E-state index in [2.05, 4.69) is 10.6 Å². The van der Waals surface area contributed by atoms with Gasteiger partial charge in [0.1, 0.15) is 0 Å². The minimum absolute atomic E-state index is 0.141. The summed E-state index contributed by atoms with van der Waals surface area (Å²) in [7, 11) is 0. The van der Waals surface area contributed by atoms with Crippen LogP contribution in [0.15, 0.2) is 42.5 Å². The summed E-state index contributed by atoms with van der Waals surface area (Å²) in [6, 6.07) is 12.5. The molecule has 0 aliphatic carbocycles. The zero-order valence-electron chi connectivity index (χ0n) is 15.4. The molecule has 27 heavy (non-hydrogen) atoms. The number of amides is 2. The Morgan fingerprint density at radius 3 is 2.37 bits per heavy atom. The average molecular weight is 425 g/mol. The summed E-state index contributed by atoms with van der Waals surface area (Å²) < 4.78 is 0. The summed E-state index contributed by atoms with van der Waals surface area (Å²) in [6.45, 7) is 5.61. The molecule has 2 atom stereocenters. The van der Waals surface area contributed by atoms with E-state index in [9.17, 15) is 9.59 Å². The highest BCUT2D eigenvalue weighted by molar-refractivity contribution is 8.01. The first kappa shape index (κ1) is 21.6. The van der Waals surface area contributed by atoms with Crippen molar-refractivity contribution in [1.29, 1.82) is 0 Å². The number of carbonyl (C=O) groups excluding carboxylic acids is 2. The Hall–Kier alpha value is -1.69. The Balaban J connectivity index is 1.82. The fourth-order valence-electron chi connectivity index (χ4n) is 2.37. The second-order valence-corrected chi connectivity index (χ2v) is 8.44.